The molecule has 2 aromatic heterocycles. The largest absolute Gasteiger partial charge is 0.416 e. The number of nitriles is 2. The van der Waals surface area contributed by atoms with Crippen LogP contribution in [0.4, 0.5) is 38.0 Å². The number of ether oxygens (including phenoxy) is 2. The molecule has 0 unspecified atom stereocenters. The molecule has 0 spiro atoms. The molecule has 0 radical (unpaired) electrons. The summed E-state index contributed by atoms with van der Waals surface area (Å²) in [5.41, 5.74) is -2.36. The number of carbonyl (C=O) groups excluding carboxylic acids is 6. The molecule has 6 amide bonds. The van der Waals surface area contributed by atoms with Crippen molar-refractivity contribution < 1.29 is 64.6 Å². The second-order valence-electron chi connectivity index (χ2n) is 23.8. The van der Waals surface area contributed by atoms with Gasteiger partial charge in [0.1, 0.15) is 35.8 Å². The lowest BCUT2D eigenvalue weighted by molar-refractivity contribution is -0.139. The van der Waals surface area contributed by atoms with Gasteiger partial charge in [-0.25, -0.2) is 9.36 Å². The van der Waals surface area contributed by atoms with Gasteiger partial charge in [-0.15, -0.1) is 0 Å². The average Bonchev–Trinajstić information content (AvgIpc) is 1.58. The number of rotatable bonds is 19. The second kappa shape index (κ2) is 25.3. The summed E-state index contributed by atoms with van der Waals surface area (Å²) in [6.45, 7) is 6.42. The van der Waals surface area contributed by atoms with Gasteiger partial charge in [-0.3, -0.25) is 38.6 Å². The van der Waals surface area contributed by atoms with Crippen LogP contribution in [0, 0.1) is 34.5 Å². The molecule has 21 nitrogen and oxygen atoms in total. The van der Waals surface area contributed by atoms with Crippen LogP contribution >= 0.6 is 0 Å². The Kier molecular flexibility index (Phi) is 18.2. The Hall–Kier alpha value is -7.88. The molecular formula is C61H71F6N13O8. The first-order valence-electron chi connectivity index (χ1n) is 30.0. The maximum atomic E-state index is 15.2. The van der Waals surface area contributed by atoms with Crippen LogP contribution in [0.25, 0.3) is 0 Å². The highest BCUT2D eigenvalue weighted by molar-refractivity contribution is 6.08. The summed E-state index contributed by atoms with van der Waals surface area (Å²) in [7, 11) is 4.41. The van der Waals surface area contributed by atoms with Crippen LogP contribution in [0.5, 0.6) is 0 Å². The zero-order chi connectivity index (χ0) is 63.3. The molecule has 2 aliphatic carbocycles. The molecule has 4 fully saturated rings. The van der Waals surface area contributed by atoms with E-state index >= 15 is 18.0 Å². The van der Waals surface area contributed by atoms with Crippen LogP contribution in [-0.4, -0.2) is 161 Å². The van der Waals surface area contributed by atoms with Crippen LogP contribution < -0.4 is 20.4 Å². The molecule has 2 saturated carbocycles. The first kappa shape index (κ1) is 63.1. The predicted molar refractivity (Wildman–Crippen MR) is 305 cm³/mol. The lowest BCUT2D eigenvalue weighted by Crippen LogP contribution is -2.56. The third-order valence-corrected chi connectivity index (χ3v) is 18.1. The Bertz CT molecular complexity index is 3440. The molecule has 88 heavy (non-hydrogen) atoms. The summed E-state index contributed by atoms with van der Waals surface area (Å²) < 4.78 is 101. The minimum Gasteiger partial charge on any atom is -0.381 e. The summed E-state index contributed by atoms with van der Waals surface area (Å²) in [5.74, 6) is -5.47. The summed E-state index contributed by atoms with van der Waals surface area (Å²) in [6.07, 6.45) is -5.23. The molecule has 10 rings (SSSR count). The molecule has 6 aliphatic rings. The zero-order valence-electron chi connectivity index (χ0n) is 49.8. The van der Waals surface area contributed by atoms with Crippen molar-refractivity contribution in [2.45, 2.75) is 146 Å². The highest BCUT2D eigenvalue weighted by Gasteiger charge is 2.55. The van der Waals surface area contributed by atoms with E-state index < -0.39 is 94.9 Å². The van der Waals surface area contributed by atoms with Crippen LogP contribution in [0.15, 0.2) is 42.5 Å². The number of halogens is 6. The van der Waals surface area contributed by atoms with Crippen LogP contribution in [0.1, 0.15) is 172 Å². The minimum atomic E-state index is -4.97. The van der Waals surface area contributed by atoms with Crippen molar-refractivity contribution in [2.75, 3.05) is 77.0 Å². The quantitative estimate of drug-likeness (QED) is 0.0860. The maximum Gasteiger partial charge on any atom is 0.416 e. The Morgan fingerprint density at radius 3 is 1.58 bits per heavy atom. The number of fused-ring (bicyclic) bond motifs is 2. The number of carbonyl (C=O) groups is 6. The lowest BCUT2D eigenvalue weighted by Gasteiger charge is -2.39. The van der Waals surface area contributed by atoms with Crippen LogP contribution in [-0.2, 0) is 38.0 Å². The highest BCUT2D eigenvalue weighted by atomic mass is 19.4. The standard InChI is InChI=1S/C61H71F6N13O8/c1-7-77-54-46(50(56(83)75(5)33(3)30-68)72-79(54)40-19-24-87-25-20-40)44(34-12-13-34)49(59(77)86)71-53(82)37-16-17-38(43(29-37)61(65,66)67)32-74(4)23-18-42(31-69)76(6)57(84)51-47-45(35-14-15-35)48(70-52(81)36-10-9-11-39(28-36)60(62,63)64)58(85)78(8-2)55(47)80(73-51)41-21-26-88-27-22-41/h9-11,16-17,28-29,33-35,40-42,44-45,48-49H,7-8,12-15,18-27,32H2,1-6H3,(H,70,81)(H,71,82)/t33-,42+,44-,45-,48-,49-/m0/s1. The monoisotopic (exact) mass is 1230 g/mol. The van der Waals surface area contributed by atoms with Crippen molar-refractivity contribution in [2.24, 2.45) is 11.8 Å². The summed E-state index contributed by atoms with van der Waals surface area (Å²) in [5, 5.41) is 35.7. The molecule has 4 aromatic rings. The Labute approximate surface area is 504 Å². The fourth-order valence-electron chi connectivity index (χ4n) is 12.9. The van der Waals surface area contributed by atoms with E-state index in [0.29, 0.717) is 107 Å². The predicted octanol–water partition coefficient (Wildman–Crippen LogP) is 7.61. The SMILES string of the molecule is CCN1C(=O)[C@@H](NC(=O)c2ccc(CN(C)CC[C@H](C#N)N(C)C(=O)c3nn(C4CCOCC4)c4c3[C@H](C3CC3)[C@H](NC(=O)c3cccc(C(F)(F)F)c3)C(=O)N4CC)c(C(F)(F)F)c2)[C@@H](C2CC2)c2c(C(=O)N(C)[C@@H](C)C#N)nn(C3CCOCC3)c21. The van der Waals surface area contributed by atoms with Gasteiger partial charge >= 0.3 is 12.4 Å². The van der Waals surface area contributed by atoms with E-state index in [4.69, 9.17) is 19.7 Å². The third-order valence-electron chi connectivity index (χ3n) is 18.1. The van der Waals surface area contributed by atoms with Gasteiger partial charge < -0.3 is 34.8 Å². The molecule has 0 bridgehead atoms. The highest BCUT2D eigenvalue weighted by Crippen LogP contribution is 2.54. The van der Waals surface area contributed by atoms with E-state index in [0.717, 1.165) is 18.2 Å². The Morgan fingerprint density at radius 2 is 1.15 bits per heavy atom. The first-order valence-corrected chi connectivity index (χ1v) is 30.0. The van der Waals surface area contributed by atoms with E-state index in [1.54, 1.807) is 30.1 Å². The molecule has 4 aliphatic heterocycles. The number of aromatic nitrogens is 4. The summed E-state index contributed by atoms with van der Waals surface area (Å²) in [6, 6.07) is 6.01. The van der Waals surface area contributed by atoms with Gasteiger partial charge in [-0.2, -0.15) is 47.1 Å². The summed E-state index contributed by atoms with van der Waals surface area (Å²) >= 11 is 0. The van der Waals surface area contributed by atoms with E-state index in [1.165, 1.54) is 63.8 Å². The number of likely N-dealkylation sites (N-methyl/N-ethyl adjacent to an activating group) is 2. The van der Waals surface area contributed by atoms with Gasteiger partial charge in [0.05, 0.1) is 35.3 Å². The number of benzene rings is 2. The van der Waals surface area contributed by atoms with Crippen molar-refractivity contribution in [1.82, 2.24) is 44.9 Å². The zero-order valence-corrected chi connectivity index (χ0v) is 49.8. The molecule has 6 atom stereocenters. The van der Waals surface area contributed by atoms with Crippen LogP contribution in [0.3, 0.4) is 0 Å². The van der Waals surface area contributed by atoms with Crippen molar-refractivity contribution in [3.05, 3.63) is 92.8 Å². The first-order chi connectivity index (χ1) is 41.9. The molecule has 470 valence electrons. The van der Waals surface area contributed by atoms with Crippen molar-refractivity contribution in [3.63, 3.8) is 0 Å². The number of nitrogens with zero attached hydrogens (tertiary/aromatic N) is 11. The molecule has 2 aromatic carbocycles. The molecule has 2 N–H and O–H groups in total. The van der Waals surface area contributed by atoms with E-state index in [1.807, 2.05) is 0 Å². The average molecular weight is 1230 g/mol. The third kappa shape index (κ3) is 12.3. The fraction of sp³-hybridized carbons (Fsp3) is 0.574. The van der Waals surface area contributed by atoms with Gasteiger partial charge in [0.25, 0.3) is 35.4 Å². The molecular weight excluding hydrogens is 1160 g/mol. The molecule has 2 saturated heterocycles. The van der Waals surface area contributed by atoms with E-state index in [-0.39, 0.29) is 84.6 Å². The number of hydrogen-bond donors (Lipinski definition) is 2. The number of hydrogen-bond acceptors (Lipinski definition) is 13. The molecule has 27 heteroatoms. The Morgan fingerprint density at radius 1 is 0.670 bits per heavy atom. The van der Waals surface area contributed by atoms with Crippen molar-refractivity contribution >= 4 is 47.1 Å². The minimum absolute atomic E-state index is 0.0143. The molecule has 6 heterocycles. The van der Waals surface area contributed by atoms with E-state index in [2.05, 4.69) is 22.8 Å². The smallest absolute Gasteiger partial charge is 0.381 e. The topological polar surface area (TPSA) is 244 Å². The van der Waals surface area contributed by atoms with Gasteiger partial charge in [0.2, 0.25) is 0 Å². The number of amides is 6. The van der Waals surface area contributed by atoms with Gasteiger partial charge in [0, 0.05) is 101 Å². The number of nitrogens with one attached hydrogen (secondary N) is 2. The van der Waals surface area contributed by atoms with Gasteiger partial charge in [-0.05, 0) is 133 Å². The van der Waals surface area contributed by atoms with Crippen molar-refractivity contribution in [1.29, 1.82) is 10.5 Å². The van der Waals surface area contributed by atoms with Gasteiger partial charge in [0.15, 0.2) is 11.4 Å². The van der Waals surface area contributed by atoms with Crippen LogP contribution in [0.2, 0.25) is 0 Å². The van der Waals surface area contributed by atoms with E-state index in [9.17, 15) is 47.7 Å². The number of alkyl halides is 6. The van der Waals surface area contributed by atoms with Crippen molar-refractivity contribution in [3.8, 4) is 12.1 Å². The lowest BCUT2D eigenvalue weighted by atomic mass is 9.82. The fourth-order valence-corrected chi connectivity index (χ4v) is 12.9. The Balaban J connectivity index is 0.883. The number of anilines is 2. The second-order valence-corrected chi connectivity index (χ2v) is 23.8. The van der Waals surface area contributed by atoms with Gasteiger partial charge in [-0.1, -0.05) is 12.1 Å². The summed E-state index contributed by atoms with van der Waals surface area (Å²) in [4.78, 5) is 93.8. The normalized spacial score (nSPS) is 21.7. The maximum absolute atomic E-state index is 15.2.